The second kappa shape index (κ2) is 12.7. The minimum Gasteiger partial charge on any atom is -0.490 e. The van der Waals surface area contributed by atoms with Gasteiger partial charge < -0.3 is 23.7 Å². The molecule has 0 bridgehead atoms. The topological polar surface area (TPSA) is 97.6 Å². The summed E-state index contributed by atoms with van der Waals surface area (Å²) in [7, 11) is 0. The molecule has 0 N–H and O–H groups in total. The zero-order chi connectivity index (χ0) is 30.8. The van der Waals surface area contributed by atoms with Gasteiger partial charge in [-0.2, -0.15) is 0 Å². The lowest BCUT2D eigenvalue weighted by molar-refractivity contribution is -0.139. The lowest BCUT2D eigenvalue weighted by Gasteiger charge is -2.24. The summed E-state index contributed by atoms with van der Waals surface area (Å²) in [4.78, 5) is 32.4. The van der Waals surface area contributed by atoms with Gasteiger partial charge in [0.05, 0.1) is 39.5 Å². The van der Waals surface area contributed by atoms with Crippen molar-refractivity contribution in [1.29, 1.82) is 0 Å². The van der Waals surface area contributed by atoms with E-state index in [4.69, 9.17) is 23.7 Å². The van der Waals surface area contributed by atoms with E-state index >= 15 is 0 Å². The fourth-order valence-electron chi connectivity index (χ4n) is 5.15. The number of ether oxygens (including phenoxy) is 5. The maximum absolute atomic E-state index is 14.1. The Kier molecular flexibility index (Phi) is 8.58. The van der Waals surface area contributed by atoms with Crippen LogP contribution < -0.4 is 33.8 Å². The smallest absolute Gasteiger partial charge is 0.338 e. The number of hydrogen-bond acceptors (Lipinski definition) is 9. The number of carbonyl (C=O) groups excluding carboxylic acids is 1. The van der Waals surface area contributed by atoms with Crippen molar-refractivity contribution in [3.63, 3.8) is 0 Å². The second-order valence-corrected chi connectivity index (χ2v) is 11.8. The van der Waals surface area contributed by atoms with Crippen LogP contribution in [0, 0.1) is 0 Å². The van der Waals surface area contributed by atoms with Crippen LogP contribution in [0.25, 0.3) is 6.08 Å². The summed E-state index contributed by atoms with van der Waals surface area (Å²) in [6, 6.07) is 18.2. The summed E-state index contributed by atoms with van der Waals surface area (Å²) in [5, 5.41) is 0. The number of benzene rings is 3. The zero-order valence-corrected chi connectivity index (χ0v) is 26.7. The normalized spacial score (nSPS) is 15.5. The maximum atomic E-state index is 14.1. The van der Waals surface area contributed by atoms with E-state index in [0.717, 1.165) is 11.1 Å². The van der Waals surface area contributed by atoms with E-state index in [-0.39, 0.29) is 19.0 Å². The average molecular weight is 678 g/mol. The zero-order valence-electron chi connectivity index (χ0n) is 24.3. The van der Waals surface area contributed by atoms with E-state index in [0.29, 0.717) is 66.9 Å². The van der Waals surface area contributed by atoms with E-state index in [1.54, 1.807) is 36.6 Å². The second-order valence-electron chi connectivity index (χ2n) is 9.95. The third-order valence-corrected chi connectivity index (χ3v) is 8.66. The van der Waals surface area contributed by atoms with Gasteiger partial charge >= 0.3 is 5.97 Å². The molecule has 0 unspecified atom stereocenters. The molecule has 44 heavy (non-hydrogen) atoms. The number of carbonyl (C=O) groups is 1. The van der Waals surface area contributed by atoms with Crippen molar-refractivity contribution in [2.24, 2.45) is 4.99 Å². The van der Waals surface area contributed by atoms with Crippen molar-refractivity contribution < 1.29 is 28.5 Å². The Morgan fingerprint density at radius 1 is 1.07 bits per heavy atom. The number of halogens is 1. The number of allylic oxidation sites excluding steroid dienone is 1. The van der Waals surface area contributed by atoms with Gasteiger partial charge in [-0.3, -0.25) is 9.36 Å². The van der Waals surface area contributed by atoms with Gasteiger partial charge in [0, 0.05) is 0 Å². The molecule has 0 aliphatic carbocycles. The molecule has 11 heteroatoms. The third-order valence-electron chi connectivity index (χ3n) is 7.08. The molecule has 0 fully saturated rings. The highest BCUT2D eigenvalue weighted by molar-refractivity contribution is 9.10. The first-order chi connectivity index (χ1) is 21.4. The lowest BCUT2D eigenvalue weighted by Crippen LogP contribution is -2.39. The SMILES string of the molecule is CCOC(=O)C1=C(C)N=c2s/c(=C\c3cc(Br)c(OCc4ccccc4)c(OCC)c3)c(=O)n2[C@H]1c1ccc2c(c1)OCO2. The Morgan fingerprint density at radius 3 is 2.64 bits per heavy atom. The Labute approximate surface area is 265 Å². The van der Waals surface area contributed by atoms with Crippen LogP contribution in [0.15, 0.2) is 86.2 Å². The molecule has 2 aliphatic rings. The van der Waals surface area contributed by atoms with Crippen LogP contribution in [0.4, 0.5) is 0 Å². The van der Waals surface area contributed by atoms with Crippen LogP contribution in [0.3, 0.4) is 0 Å². The fourth-order valence-corrected chi connectivity index (χ4v) is 6.77. The van der Waals surface area contributed by atoms with Crippen molar-refractivity contribution in [3.05, 3.63) is 113 Å². The van der Waals surface area contributed by atoms with Crippen LogP contribution >= 0.6 is 27.3 Å². The molecule has 3 heterocycles. The van der Waals surface area contributed by atoms with E-state index in [9.17, 15) is 9.59 Å². The van der Waals surface area contributed by atoms with Crippen LogP contribution in [-0.4, -0.2) is 30.5 Å². The predicted molar refractivity (Wildman–Crippen MR) is 169 cm³/mol. The van der Waals surface area contributed by atoms with Gasteiger partial charge in [0.25, 0.3) is 5.56 Å². The Balaban J connectivity index is 1.43. The average Bonchev–Trinajstić information content (AvgIpc) is 3.60. The summed E-state index contributed by atoms with van der Waals surface area (Å²) in [5.41, 5.74) is 2.94. The Hall–Kier alpha value is -4.35. The van der Waals surface area contributed by atoms with Crippen molar-refractivity contribution in [2.75, 3.05) is 20.0 Å². The van der Waals surface area contributed by atoms with Crippen LogP contribution in [0.5, 0.6) is 23.0 Å². The van der Waals surface area contributed by atoms with Crippen molar-refractivity contribution >= 4 is 39.3 Å². The lowest BCUT2D eigenvalue weighted by atomic mass is 9.95. The molecule has 3 aromatic carbocycles. The highest BCUT2D eigenvalue weighted by Gasteiger charge is 2.34. The highest BCUT2D eigenvalue weighted by Crippen LogP contribution is 2.39. The minimum atomic E-state index is -0.763. The molecular weight excluding hydrogens is 648 g/mol. The largest absolute Gasteiger partial charge is 0.490 e. The van der Waals surface area contributed by atoms with Crippen LogP contribution in [0.1, 0.15) is 43.5 Å². The van der Waals surface area contributed by atoms with Crippen molar-refractivity contribution in [2.45, 2.75) is 33.4 Å². The van der Waals surface area contributed by atoms with Gasteiger partial charge in [-0.25, -0.2) is 9.79 Å². The molecule has 226 valence electrons. The number of nitrogens with zero attached hydrogens (tertiary/aromatic N) is 2. The molecule has 2 aliphatic heterocycles. The quantitative estimate of drug-likeness (QED) is 0.223. The summed E-state index contributed by atoms with van der Waals surface area (Å²) in [6.45, 7) is 6.50. The van der Waals surface area contributed by atoms with E-state index in [1.165, 1.54) is 11.3 Å². The van der Waals surface area contributed by atoms with Gasteiger partial charge in [-0.05, 0) is 83.7 Å². The van der Waals surface area contributed by atoms with Gasteiger partial charge in [0.1, 0.15) is 6.61 Å². The Morgan fingerprint density at radius 2 is 1.86 bits per heavy atom. The fraction of sp³-hybridized carbons (Fsp3) is 0.242. The standard InChI is InChI=1S/C33H29BrN2O7S/c1-4-39-26-14-21(13-23(34)30(26)41-17-20-9-7-6-8-10-20)15-27-31(37)36-29(22-11-12-24-25(16-22)43-18-42-24)28(32(38)40-5-2)19(3)35-33(36)44-27/h6-16,29H,4-5,17-18H2,1-3H3/b27-15-/t29-/m0/s1. The molecule has 0 saturated carbocycles. The molecule has 0 amide bonds. The predicted octanol–water partition coefficient (Wildman–Crippen LogP) is 5.27. The minimum absolute atomic E-state index is 0.108. The third kappa shape index (κ3) is 5.77. The van der Waals surface area contributed by atoms with Crippen molar-refractivity contribution in [1.82, 2.24) is 4.57 Å². The number of esters is 1. The Bertz CT molecular complexity index is 1950. The first-order valence-electron chi connectivity index (χ1n) is 14.1. The van der Waals surface area contributed by atoms with Gasteiger partial charge in [-0.1, -0.05) is 47.7 Å². The molecule has 0 saturated heterocycles. The molecule has 9 nitrogen and oxygen atoms in total. The molecule has 6 rings (SSSR count). The summed E-state index contributed by atoms with van der Waals surface area (Å²) >= 11 is 4.88. The van der Waals surface area contributed by atoms with Crippen LogP contribution in [0.2, 0.25) is 0 Å². The highest BCUT2D eigenvalue weighted by atomic mass is 79.9. The number of rotatable bonds is 9. The maximum Gasteiger partial charge on any atom is 0.338 e. The van der Waals surface area contributed by atoms with Crippen LogP contribution in [-0.2, 0) is 16.1 Å². The summed E-state index contributed by atoms with van der Waals surface area (Å²) in [6.07, 6.45) is 1.79. The first kappa shape index (κ1) is 29.7. The van der Waals surface area contributed by atoms with E-state index in [1.807, 2.05) is 55.5 Å². The van der Waals surface area contributed by atoms with Gasteiger partial charge in [-0.15, -0.1) is 0 Å². The number of hydrogen-bond donors (Lipinski definition) is 0. The molecule has 1 aromatic heterocycles. The number of thiazole rings is 1. The van der Waals surface area contributed by atoms with Gasteiger partial charge in [0.2, 0.25) is 6.79 Å². The monoisotopic (exact) mass is 676 g/mol. The number of fused-ring (bicyclic) bond motifs is 2. The van der Waals surface area contributed by atoms with E-state index < -0.39 is 12.0 Å². The molecule has 0 radical (unpaired) electrons. The summed E-state index contributed by atoms with van der Waals surface area (Å²) < 4.78 is 31.2. The van der Waals surface area contributed by atoms with E-state index in [2.05, 4.69) is 20.9 Å². The van der Waals surface area contributed by atoms with Crippen molar-refractivity contribution in [3.8, 4) is 23.0 Å². The summed E-state index contributed by atoms with van der Waals surface area (Å²) in [5.74, 6) is 1.75. The number of aromatic nitrogens is 1. The first-order valence-corrected chi connectivity index (χ1v) is 15.7. The molecule has 1 atom stereocenters. The van der Waals surface area contributed by atoms with Gasteiger partial charge in [0.15, 0.2) is 27.8 Å². The molecule has 4 aromatic rings. The molecule has 0 spiro atoms. The molecular formula is C33H29BrN2O7S.